The number of aliphatic hydroxyl groups is 1. The normalized spacial score (nSPS) is 19.8. The number of piperidine rings is 1. The van der Waals surface area contributed by atoms with Crippen molar-refractivity contribution >= 4 is 11.6 Å². The molecule has 1 atom stereocenters. The fourth-order valence-corrected chi connectivity index (χ4v) is 3.50. The third kappa shape index (κ3) is 5.65. The maximum atomic E-state index is 12.8. The van der Waals surface area contributed by atoms with Crippen LogP contribution in [0, 0.1) is 0 Å². The number of likely N-dealkylation sites (tertiary alicyclic amines) is 1. The lowest BCUT2D eigenvalue weighted by molar-refractivity contribution is 0.0559. The van der Waals surface area contributed by atoms with E-state index in [0.717, 1.165) is 30.5 Å². The Bertz CT molecular complexity index is 836. The van der Waals surface area contributed by atoms with E-state index in [0.29, 0.717) is 25.3 Å². The minimum atomic E-state index is -0.700. The van der Waals surface area contributed by atoms with Crippen LogP contribution < -0.4 is 5.73 Å². The fraction of sp³-hybridized carbons (Fsp3) is 0.391. The zero-order chi connectivity index (χ0) is 20.7. The SMILES string of the molecule is CC(=NOCCc1ccccc1)c1ccc(C(=O)N2CCCC(N)(CO)C2)cc1. The molecule has 1 unspecified atom stereocenters. The van der Waals surface area contributed by atoms with E-state index < -0.39 is 5.54 Å². The van der Waals surface area contributed by atoms with Crippen molar-refractivity contribution in [3.63, 3.8) is 0 Å². The summed E-state index contributed by atoms with van der Waals surface area (Å²) in [5.74, 6) is -0.0618. The van der Waals surface area contributed by atoms with Crippen molar-refractivity contribution in [3.05, 3.63) is 71.3 Å². The van der Waals surface area contributed by atoms with Gasteiger partial charge in [0.25, 0.3) is 5.91 Å². The van der Waals surface area contributed by atoms with Crippen LogP contribution in [0.5, 0.6) is 0 Å². The van der Waals surface area contributed by atoms with Gasteiger partial charge in [0.05, 0.1) is 17.9 Å². The van der Waals surface area contributed by atoms with E-state index in [4.69, 9.17) is 10.6 Å². The number of amides is 1. The van der Waals surface area contributed by atoms with Crippen LogP contribution in [0.15, 0.2) is 59.8 Å². The van der Waals surface area contributed by atoms with Gasteiger partial charge in [0.1, 0.15) is 6.61 Å². The third-order valence-corrected chi connectivity index (χ3v) is 5.29. The first-order valence-electron chi connectivity index (χ1n) is 10.0. The summed E-state index contributed by atoms with van der Waals surface area (Å²) in [4.78, 5) is 19.9. The summed E-state index contributed by atoms with van der Waals surface area (Å²) >= 11 is 0. The number of benzene rings is 2. The van der Waals surface area contributed by atoms with Gasteiger partial charge in [0.15, 0.2) is 0 Å². The number of nitrogens with zero attached hydrogens (tertiary/aromatic N) is 2. The van der Waals surface area contributed by atoms with Gasteiger partial charge in [-0.15, -0.1) is 0 Å². The second-order valence-electron chi connectivity index (χ2n) is 7.67. The quantitative estimate of drug-likeness (QED) is 0.428. The first-order chi connectivity index (χ1) is 14.0. The molecule has 0 radical (unpaired) electrons. The first-order valence-corrected chi connectivity index (χ1v) is 10.0. The Labute approximate surface area is 172 Å². The third-order valence-electron chi connectivity index (χ3n) is 5.29. The lowest BCUT2D eigenvalue weighted by atomic mass is 9.90. The van der Waals surface area contributed by atoms with Gasteiger partial charge in [0, 0.05) is 25.1 Å². The monoisotopic (exact) mass is 395 g/mol. The molecule has 1 aliphatic rings. The maximum Gasteiger partial charge on any atom is 0.253 e. The van der Waals surface area contributed by atoms with Gasteiger partial charge in [-0.1, -0.05) is 47.6 Å². The van der Waals surface area contributed by atoms with Crippen molar-refractivity contribution in [2.45, 2.75) is 31.7 Å². The number of rotatable bonds is 7. The number of hydrogen-bond donors (Lipinski definition) is 2. The molecule has 1 aliphatic heterocycles. The van der Waals surface area contributed by atoms with E-state index in [9.17, 15) is 9.90 Å². The van der Waals surface area contributed by atoms with Crippen LogP contribution in [0.3, 0.4) is 0 Å². The van der Waals surface area contributed by atoms with E-state index in [1.807, 2.05) is 37.3 Å². The summed E-state index contributed by atoms with van der Waals surface area (Å²) in [7, 11) is 0. The number of hydrogen-bond acceptors (Lipinski definition) is 5. The average Bonchev–Trinajstić information content (AvgIpc) is 2.77. The van der Waals surface area contributed by atoms with E-state index in [1.54, 1.807) is 17.0 Å². The Balaban J connectivity index is 1.55. The van der Waals surface area contributed by atoms with E-state index in [2.05, 4.69) is 17.3 Å². The van der Waals surface area contributed by atoms with Crippen molar-refractivity contribution in [1.82, 2.24) is 4.90 Å². The first kappa shape index (κ1) is 21.0. The highest BCUT2D eigenvalue weighted by Gasteiger charge is 2.33. The molecule has 2 aromatic carbocycles. The number of nitrogens with two attached hydrogens (primary N) is 1. The zero-order valence-corrected chi connectivity index (χ0v) is 16.9. The predicted octanol–water partition coefficient (Wildman–Crippen LogP) is 2.60. The Kier molecular flexibility index (Phi) is 7.01. The van der Waals surface area contributed by atoms with Crippen LogP contribution in [0.2, 0.25) is 0 Å². The van der Waals surface area contributed by atoms with Crippen molar-refractivity contribution in [3.8, 4) is 0 Å². The summed E-state index contributed by atoms with van der Waals surface area (Å²) < 4.78 is 0. The molecule has 29 heavy (non-hydrogen) atoms. The molecule has 0 bridgehead atoms. The van der Waals surface area contributed by atoms with Gasteiger partial charge < -0.3 is 20.6 Å². The summed E-state index contributed by atoms with van der Waals surface area (Å²) in [6.07, 6.45) is 2.33. The molecule has 154 valence electrons. The van der Waals surface area contributed by atoms with Gasteiger partial charge >= 0.3 is 0 Å². The maximum absolute atomic E-state index is 12.8. The minimum Gasteiger partial charge on any atom is -0.395 e. The Morgan fingerprint density at radius 3 is 2.55 bits per heavy atom. The number of oxime groups is 1. The van der Waals surface area contributed by atoms with Gasteiger partial charge in [-0.05, 0) is 43.0 Å². The molecule has 1 fully saturated rings. The molecular weight excluding hydrogens is 366 g/mol. The molecule has 3 N–H and O–H groups in total. The van der Waals surface area contributed by atoms with Gasteiger partial charge in [-0.25, -0.2) is 0 Å². The molecule has 0 aromatic heterocycles. The highest BCUT2D eigenvalue weighted by Crippen LogP contribution is 2.20. The highest BCUT2D eigenvalue weighted by atomic mass is 16.6. The van der Waals surface area contributed by atoms with Crippen LogP contribution >= 0.6 is 0 Å². The van der Waals surface area contributed by atoms with Crippen molar-refractivity contribution < 1.29 is 14.7 Å². The molecule has 0 aliphatic carbocycles. The average molecular weight is 396 g/mol. The minimum absolute atomic E-state index is 0.0618. The molecule has 6 heteroatoms. The summed E-state index contributed by atoms with van der Waals surface area (Å²) in [5, 5.41) is 13.7. The molecule has 3 rings (SSSR count). The van der Waals surface area contributed by atoms with Crippen molar-refractivity contribution in [2.24, 2.45) is 10.9 Å². The summed E-state index contributed by atoms with van der Waals surface area (Å²) in [5.41, 5.74) is 8.93. The van der Waals surface area contributed by atoms with E-state index in [1.165, 1.54) is 5.56 Å². The summed E-state index contributed by atoms with van der Waals surface area (Å²) in [6.45, 7) is 3.32. The van der Waals surface area contributed by atoms with Gasteiger partial charge in [-0.3, -0.25) is 4.79 Å². The molecule has 6 nitrogen and oxygen atoms in total. The van der Waals surface area contributed by atoms with E-state index >= 15 is 0 Å². The topological polar surface area (TPSA) is 88.2 Å². The van der Waals surface area contributed by atoms with E-state index in [-0.39, 0.29) is 12.5 Å². The zero-order valence-electron chi connectivity index (χ0n) is 16.9. The highest BCUT2D eigenvalue weighted by molar-refractivity contribution is 6.00. The summed E-state index contributed by atoms with van der Waals surface area (Å²) in [6, 6.07) is 17.5. The number of carbonyl (C=O) groups is 1. The smallest absolute Gasteiger partial charge is 0.253 e. The van der Waals surface area contributed by atoms with Gasteiger partial charge in [-0.2, -0.15) is 0 Å². The number of aliphatic hydroxyl groups excluding tert-OH is 1. The fourth-order valence-electron chi connectivity index (χ4n) is 3.50. The van der Waals surface area contributed by atoms with Crippen molar-refractivity contribution in [2.75, 3.05) is 26.3 Å². The van der Waals surface area contributed by atoms with Crippen LogP contribution in [0.4, 0.5) is 0 Å². The molecular formula is C23H29N3O3. The lowest BCUT2D eigenvalue weighted by Gasteiger charge is -2.39. The molecule has 2 aromatic rings. The molecule has 0 saturated carbocycles. The molecule has 1 heterocycles. The second kappa shape index (κ2) is 9.67. The molecule has 1 saturated heterocycles. The van der Waals surface area contributed by atoms with Crippen LogP contribution in [-0.4, -0.2) is 53.5 Å². The number of carbonyl (C=O) groups excluding carboxylic acids is 1. The Hall–Kier alpha value is -2.70. The van der Waals surface area contributed by atoms with Crippen LogP contribution in [0.25, 0.3) is 0 Å². The van der Waals surface area contributed by atoms with Crippen LogP contribution in [0.1, 0.15) is 41.3 Å². The lowest BCUT2D eigenvalue weighted by Crippen LogP contribution is -2.57. The standard InChI is InChI=1S/C23H29N3O3/c1-18(25-29-15-12-19-6-3-2-4-7-19)20-8-10-21(11-9-20)22(28)26-14-5-13-23(24,16-26)17-27/h2-4,6-11,27H,5,12-17,24H2,1H3. The Morgan fingerprint density at radius 2 is 1.86 bits per heavy atom. The second-order valence-corrected chi connectivity index (χ2v) is 7.67. The van der Waals surface area contributed by atoms with Crippen molar-refractivity contribution in [1.29, 1.82) is 0 Å². The largest absolute Gasteiger partial charge is 0.395 e. The molecule has 1 amide bonds. The van der Waals surface area contributed by atoms with Gasteiger partial charge in [0.2, 0.25) is 0 Å². The molecule has 0 spiro atoms. The predicted molar refractivity (Wildman–Crippen MR) is 114 cm³/mol. The van der Waals surface area contributed by atoms with Crippen LogP contribution in [-0.2, 0) is 11.3 Å². The Morgan fingerprint density at radius 1 is 1.17 bits per heavy atom.